The topological polar surface area (TPSA) is 55.8 Å². The highest BCUT2D eigenvalue weighted by atomic mass is 16.6. The molecule has 0 aliphatic carbocycles. The van der Waals surface area contributed by atoms with Crippen molar-refractivity contribution < 1.29 is 19.1 Å². The van der Waals surface area contributed by atoms with Crippen LogP contribution < -0.4 is 0 Å². The highest BCUT2D eigenvalue weighted by Crippen LogP contribution is 2.23. The van der Waals surface area contributed by atoms with Crippen LogP contribution >= 0.6 is 0 Å². The van der Waals surface area contributed by atoms with E-state index in [1.807, 2.05) is 27.7 Å². The van der Waals surface area contributed by atoms with E-state index in [1.54, 1.807) is 0 Å². The highest BCUT2D eigenvalue weighted by Gasteiger charge is 2.36. The third kappa shape index (κ3) is 3.77. The zero-order valence-electron chi connectivity index (χ0n) is 9.99. The number of amides is 2. The first kappa shape index (κ1) is 13.7. The predicted molar refractivity (Wildman–Crippen MR) is 55.6 cm³/mol. The van der Waals surface area contributed by atoms with Crippen LogP contribution in [0.1, 0.15) is 27.7 Å². The van der Waals surface area contributed by atoms with Gasteiger partial charge in [-0.3, -0.25) is 0 Å². The normalized spacial score (nSPS) is 18.5. The van der Waals surface area contributed by atoms with Gasteiger partial charge in [0.2, 0.25) is 0 Å². The number of ether oxygens (including phenoxy) is 2. The second kappa shape index (κ2) is 5.58. The fourth-order valence-electron chi connectivity index (χ4n) is 1.12. The molecule has 0 saturated carbocycles. The molecule has 0 aromatic heterocycles. The molecule has 2 amide bonds. The zero-order chi connectivity index (χ0) is 12.1. The van der Waals surface area contributed by atoms with E-state index in [2.05, 4.69) is 4.74 Å². The van der Waals surface area contributed by atoms with Crippen molar-refractivity contribution in [3.05, 3.63) is 0 Å². The van der Waals surface area contributed by atoms with Gasteiger partial charge in [0.05, 0.1) is 7.11 Å². The second-order valence-electron chi connectivity index (χ2n) is 3.77. The lowest BCUT2D eigenvalue weighted by Gasteiger charge is -2.34. The van der Waals surface area contributed by atoms with E-state index in [-0.39, 0.29) is 5.41 Å². The summed E-state index contributed by atoms with van der Waals surface area (Å²) < 4.78 is 9.25. The summed E-state index contributed by atoms with van der Waals surface area (Å²) in [5.41, 5.74) is -0.206. The molecule has 0 N–H and O–H groups in total. The van der Waals surface area contributed by atoms with E-state index in [0.717, 1.165) is 4.90 Å². The van der Waals surface area contributed by atoms with Crippen molar-refractivity contribution in [1.29, 1.82) is 0 Å². The molecule has 1 aliphatic heterocycles. The summed E-state index contributed by atoms with van der Waals surface area (Å²) >= 11 is 0. The Morgan fingerprint density at radius 1 is 1.47 bits per heavy atom. The van der Waals surface area contributed by atoms with E-state index in [9.17, 15) is 9.59 Å². The maximum absolute atomic E-state index is 11.1. The van der Waals surface area contributed by atoms with Crippen LogP contribution in [-0.2, 0) is 9.47 Å². The maximum atomic E-state index is 11.1. The molecule has 0 unspecified atom stereocenters. The van der Waals surface area contributed by atoms with Gasteiger partial charge in [-0.2, -0.15) is 0 Å². The van der Waals surface area contributed by atoms with E-state index < -0.39 is 12.2 Å². The average Bonchev–Trinajstić information content (AvgIpc) is 2.23. The van der Waals surface area contributed by atoms with Crippen molar-refractivity contribution in [3.63, 3.8) is 0 Å². The van der Waals surface area contributed by atoms with Crippen molar-refractivity contribution in [2.75, 3.05) is 20.3 Å². The lowest BCUT2D eigenvalue weighted by molar-refractivity contribution is 0.0104. The number of imide groups is 1. The molecule has 1 aliphatic rings. The fourth-order valence-corrected chi connectivity index (χ4v) is 1.12. The minimum Gasteiger partial charge on any atom is -0.452 e. The average molecular weight is 217 g/mol. The van der Waals surface area contributed by atoms with Gasteiger partial charge in [-0.1, -0.05) is 27.7 Å². The summed E-state index contributed by atoms with van der Waals surface area (Å²) in [6.07, 6.45) is -1.30. The first-order valence-electron chi connectivity index (χ1n) is 4.98. The number of hydrogen-bond donors (Lipinski definition) is 0. The van der Waals surface area contributed by atoms with Crippen LogP contribution in [-0.4, -0.2) is 37.3 Å². The van der Waals surface area contributed by atoms with Crippen LogP contribution in [0.2, 0.25) is 0 Å². The van der Waals surface area contributed by atoms with Gasteiger partial charge in [0.1, 0.15) is 6.61 Å². The van der Waals surface area contributed by atoms with Crippen molar-refractivity contribution in [1.82, 2.24) is 4.90 Å². The first-order chi connectivity index (χ1) is 6.96. The Balaban J connectivity index is 0.000000921. The summed E-state index contributed by atoms with van der Waals surface area (Å²) in [7, 11) is 1.23. The van der Waals surface area contributed by atoms with Crippen molar-refractivity contribution in [2.24, 2.45) is 5.41 Å². The van der Waals surface area contributed by atoms with Gasteiger partial charge in [-0.25, -0.2) is 14.5 Å². The SMILES string of the molecule is CC.COC(=O)N1CC(C)(C)COC1=O. The van der Waals surface area contributed by atoms with Gasteiger partial charge in [-0.15, -0.1) is 0 Å². The monoisotopic (exact) mass is 217 g/mol. The minimum atomic E-state index is -0.669. The molecule has 0 aromatic rings. The Hall–Kier alpha value is -1.26. The van der Waals surface area contributed by atoms with E-state index in [1.165, 1.54) is 7.11 Å². The molecule has 0 bridgehead atoms. The van der Waals surface area contributed by atoms with Crippen LogP contribution in [0.15, 0.2) is 0 Å². The van der Waals surface area contributed by atoms with Crippen molar-refractivity contribution >= 4 is 12.2 Å². The van der Waals surface area contributed by atoms with Gasteiger partial charge in [0.15, 0.2) is 0 Å². The van der Waals surface area contributed by atoms with Gasteiger partial charge >= 0.3 is 12.2 Å². The fraction of sp³-hybridized carbons (Fsp3) is 0.800. The van der Waals surface area contributed by atoms with Gasteiger partial charge in [0.25, 0.3) is 0 Å². The quantitative estimate of drug-likeness (QED) is 0.624. The molecular weight excluding hydrogens is 198 g/mol. The largest absolute Gasteiger partial charge is 0.452 e. The number of rotatable bonds is 0. The van der Waals surface area contributed by atoms with Crippen LogP contribution in [0.25, 0.3) is 0 Å². The second-order valence-corrected chi connectivity index (χ2v) is 3.77. The third-order valence-electron chi connectivity index (χ3n) is 1.79. The highest BCUT2D eigenvalue weighted by molar-refractivity contribution is 5.88. The van der Waals surface area contributed by atoms with Crippen LogP contribution in [0.4, 0.5) is 9.59 Å². The third-order valence-corrected chi connectivity index (χ3v) is 1.79. The van der Waals surface area contributed by atoms with Crippen molar-refractivity contribution in [2.45, 2.75) is 27.7 Å². The molecule has 5 nitrogen and oxygen atoms in total. The lowest BCUT2D eigenvalue weighted by atomic mass is 9.93. The van der Waals surface area contributed by atoms with Crippen LogP contribution in [0.5, 0.6) is 0 Å². The molecule has 1 heterocycles. The van der Waals surface area contributed by atoms with Gasteiger partial charge in [-0.05, 0) is 0 Å². The van der Waals surface area contributed by atoms with Gasteiger partial charge in [0, 0.05) is 12.0 Å². The lowest BCUT2D eigenvalue weighted by Crippen LogP contribution is -2.50. The minimum absolute atomic E-state index is 0.206. The molecule has 5 heteroatoms. The summed E-state index contributed by atoms with van der Waals surface area (Å²) in [6, 6.07) is 0. The molecule has 0 atom stereocenters. The predicted octanol–water partition coefficient (Wildman–Crippen LogP) is 2.26. The molecular formula is C10H19NO4. The molecule has 0 radical (unpaired) electrons. The summed E-state index contributed by atoms with van der Waals surface area (Å²) in [6.45, 7) is 8.49. The number of methoxy groups -OCH3 is 1. The molecule has 88 valence electrons. The Kier molecular flexibility index (Phi) is 5.11. The maximum Gasteiger partial charge on any atom is 0.419 e. The standard InChI is InChI=1S/C8H13NO4.C2H6/c1-8(2)4-9(6(10)12-3)7(11)13-5-8;1-2/h4-5H2,1-3H3;1-2H3. The number of cyclic esters (lactones) is 1. The van der Waals surface area contributed by atoms with Crippen LogP contribution in [0.3, 0.4) is 0 Å². The summed E-state index contributed by atoms with van der Waals surface area (Å²) in [5.74, 6) is 0. The van der Waals surface area contributed by atoms with Crippen molar-refractivity contribution in [3.8, 4) is 0 Å². The number of hydrogen-bond acceptors (Lipinski definition) is 4. The summed E-state index contributed by atoms with van der Waals surface area (Å²) in [5, 5.41) is 0. The zero-order valence-corrected chi connectivity index (χ0v) is 9.99. The Labute approximate surface area is 90.3 Å². The number of carbonyl (C=O) groups excluding carboxylic acids is 2. The number of carbonyl (C=O) groups is 2. The molecule has 1 fully saturated rings. The number of nitrogens with zero attached hydrogens (tertiary/aromatic N) is 1. The molecule has 1 saturated heterocycles. The Morgan fingerprint density at radius 2 is 2.00 bits per heavy atom. The van der Waals surface area contributed by atoms with E-state index in [4.69, 9.17) is 4.74 Å². The smallest absolute Gasteiger partial charge is 0.419 e. The van der Waals surface area contributed by atoms with E-state index in [0.29, 0.717) is 13.2 Å². The van der Waals surface area contributed by atoms with Gasteiger partial charge < -0.3 is 9.47 Å². The van der Waals surface area contributed by atoms with E-state index >= 15 is 0 Å². The molecule has 15 heavy (non-hydrogen) atoms. The Bertz CT molecular complexity index is 230. The van der Waals surface area contributed by atoms with Crippen LogP contribution in [0, 0.1) is 5.41 Å². The first-order valence-corrected chi connectivity index (χ1v) is 4.98. The Morgan fingerprint density at radius 3 is 2.47 bits per heavy atom. The molecule has 1 rings (SSSR count). The summed E-state index contributed by atoms with van der Waals surface area (Å²) in [4.78, 5) is 23.1. The molecule has 0 spiro atoms. The molecule has 0 aromatic carbocycles.